The molecule has 5 heteroatoms. The summed E-state index contributed by atoms with van der Waals surface area (Å²) in [7, 11) is 4.12. The van der Waals surface area contributed by atoms with Crippen molar-refractivity contribution in [2.45, 2.75) is 13.5 Å². The second-order valence-electron chi connectivity index (χ2n) is 6.84. The van der Waals surface area contributed by atoms with Gasteiger partial charge >= 0.3 is 0 Å². The highest BCUT2D eigenvalue weighted by Gasteiger charge is 2.07. The molecule has 0 atom stereocenters. The Morgan fingerprint density at radius 1 is 0.852 bits per heavy atom. The molecule has 0 bridgehead atoms. The van der Waals surface area contributed by atoms with E-state index in [0.717, 1.165) is 42.7 Å². The van der Waals surface area contributed by atoms with E-state index in [-0.39, 0.29) is 0 Å². The summed E-state index contributed by atoms with van der Waals surface area (Å²) in [5.74, 6) is 2.37. The molecule has 0 unspecified atom stereocenters. The van der Waals surface area contributed by atoms with Crippen molar-refractivity contribution < 1.29 is 0 Å². The lowest BCUT2D eigenvalue weighted by molar-refractivity contribution is 0.425. The van der Waals surface area contributed by atoms with Gasteiger partial charge in [0, 0.05) is 31.3 Å². The van der Waals surface area contributed by atoms with E-state index in [1.807, 2.05) is 36.4 Å². The van der Waals surface area contributed by atoms with Crippen molar-refractivity contribution >= 4 is 11.6 Å². The van der Waals surface area contributed by atoms with Gasteiger partial charge in [-0.2, -0.15) is 0 Å². The Kier molecular flexibility index (Phi) is 6.39. The molecule has 2 aromatic carbocycles. The minimum Gasteiger partial charge on any atom is -0.369 e. The van der Waals surface area contributed by atoms with E-state index >= 15 is 0 Å². The molecule has 0 saturated carbocycles. The van der Waals surface area contributed by atoms with Crippen LogP contribution in [0.4, 0.5) is 11.6 Å². The van der Waals surface area contributed by atoms with Gasteiger partial charge in [-0.1, -0.05) is 54.6 Å². The van der Waals surface area contributed by atoms with Crippen molar-refractivity contribution in [2.24, 2.45) is 0 Å². The molecule has 1 aromatic heterocycles. The van der Waals surface area contributed by atoms with Crippen molar-refractivity contribution in [3.63, 3.8) is 0 Å². The third-order valence-corrected chi connectivity index (χ3v) is 4.34. The average Bonchev–Trinajstić information content (AvgIpc) is 2.68. The standard InChI is InChI=1S/C22H27N5/c1-17-9-7-8-12-19(17)16-24-21-15-20(23-13-14-27(2)3)25-22(26-21)18-10-5-4-6-11-18/h4-12,15H,13-14,16H2,1-3H3,(H2,23,24,25,26). The maximum absolute atomic E-state index is 4.72. The van der Waals surface area contributed by atoms with Crippen molar-refractivity contribution in [3.8, 4) is 11.4 Å². The summed E-state index contributed by atoms with van der Waals surface area (Å²) in [5, 5.41) is 6.85. The maximum atomic E-state index is 4.72. The van der Waals surface area contributed by atoms with E-state index in [1.54, 1.807) is 0 Å². The Hall–Kier alpha value is -2.92. The van der Waals surface area contributed by atoms with Gasteiger partial charge in [-0.15, -0.1) is 0 Å². The van der Waals surface area contributed by atoms with E-state index in [4.69, 9.17) is 9.97 Å². The third kappa shape index (κ3) is 5.53. The number of nitrogens with zero attached hydrogens (tertiary/aromatic N) is 3. The predicted molar refractivity (Wildman–Crippen MR) is 113 cm³/mol. The fraction of sp³-hybridized carbons (Fsp3) is 0.273. The Labute approximate surface area is 161 Å². The zero-order chi connectivity index (χ0) is 19.1. The van der Waals surface area contributed by atoms with Crippen LogP contribution in [-0.2, 0) is 6.54 Å². The van der Waals surface area contributed by atoms with E-state index in [0.29, 0.717) is 0 Å². The highest BCUT2D eigenvalue weighted by atomic mass is 15.1. The van der Waals surface area contributed by atoms with Crippen molar-refractivity contribution in [2.75, 3.05) is 37.8 Å². The lowest BCUT2D eigenvalue weighted by atomic mass is 10.1. The first kappa shape index (κ1) is 18.9. The van der Waals surface area contributed by atoms with Crippen LogP contribution in [0.3, 0.4) is 0 Å². The van der Waals surface area contributed by atoms with Crippen LogP contribution in [0.15, 0.2) is 60.7 Å². The monoisotopic (exact) mass is 361 g/mol. The Bertz CT molecular complexity index is 862. The number of anilines is 2. The molecular formula is C22H27N5. The summed E-state index contributed by atoms with van der Waals surface area (Å²) in [4.78, 5) is 11.6. The molecule has 0 aliphatic heterocycles. The van der Waals surface area contributed by atoms with Gasteiger partial charge in [-0.3, -0.25) is 0 Å². The highest BCUT2D eigenvalue weighted by Crippen LogP contribution is 2.21. The van der Waals surface area contributed by atoms with Crippen molar-refractivity contribution in [1.29, 1.82) is 0 Å². The van der Waals surface area contributed by atoms with Gasteiger partial charge in [0.1, 0.15) is 11.6 Å². The van der Waals surface area contributed by atoms with Gasteiger partial charge in [0.2, 0.25) is 0 Å². The summed E-state index contributed by atoms with van der Waals surface area (Å²) >= 11 is 0. The SMILES string of the molecule is Cc1ccccc1CNc1cc(NCCN(C)C)nc(-c2ccccc2)n1. The van der Waals surface area contributed by atoms with Crippen LogP contribution in [0.5, 0.6) is 0 Å². The van der Waals surface area contributed by atoms with E-state index in [2.05, 4.69) is 60.8 Å². The Morgan fingerprint density at radius 3 is 2.22 bits per heavy atom. The van der Waals surface area contributed by atoms with Gasteiger partial charge in [-0.05, 0) is 32.1 Å². The molecule has 27 heavy (non-hydrogen) atoms. The molecule has 0 fully saturated rings. The average molecular weight is 361 g/mol. The summed E-state index contributed by atoms with van der Waals surface area (Å²) in [6.07, 6.45) is 0. The first-order chi connectivity index (χ1) is 13.1. The fourth-order valence-electron chi connectivity index (χ4n) is 2.75. The number of hydrogen-bond acceptors (Lipinski definition) is 5. The second-order valence-corrected chi connectivity index (χ2v) is 6.84. The predicted octanol–water partition coefficient (Wildman–Crippen LogP) is 4.04. The van der Waals surface area contributed by atoms with Crippen LogP contribution in [0, 0.1) is 6.92 Å². The number of likely N-dealkylation sites (N-methyl/N-ethyl adjacent to an activating group) is 1. The molecule has 0 radical (unpaired) electrons. The number of nitrogens with one attached hydrogen (secondary N) is 2. The fourth-order valence-corrected chi connectivity index (χ4v) is 2.75. The number of rotatable bonds is 8. The lowest BCUT2D eigenvalue weighted by Crippen LogP contribution is -2.21. The lowest BCUT2D eigenvalue weighted by Gasteiger charge is -2.14. The molecule has 3 aromatic rings. The molecule has 0 saturated heterocycles. The first-order valence-corrected chi connectivity index (χ1v) is 9.23. The number of aryl methyl sites for hydroxylation is 1. The maximum Gasteiger partial charge on any atom is 0.163 e. The molecular weight excluding hydrogens is 334 g/mol. The van der Waals surface area contributed by atoms with E-state index in [9.17, 15) is 0 Å². The molecule has 0 spiro atoms. The van der Waals surface area contributed by atoms with Crippen LogP contribution in [0.1, 0.15) is 11.1 Å². The minimum absolute atomic E-state index is 0.720. The van der Waals surface area contributed by atoms with Gasteiger partial charge in [0.25, 0.3) is 0 Å². The smallest absolute Gasteiger partial charge is 0.163 e. The summed E-state index contributed by atoms with van der Waals surface area (Å²) in [6, 6.07) is 20.4. The normalized spacial score (nSPS) is 10.8. The van der Waals surface area contributed by atoms with E-state index < -0.39 is 0 Å². The minimum atomic E-state index is 0.720. The van der Waals surface area contributed by atoms with Gasteiger partial charge in [0.05, 0.1) is 0 Å². The van der Waals surface area contributed by atoms with Crippen molar-refractivity contribution in [3.05, 3.63) is 71.8 Å². The molecule has 0 aliphatic carbocycles. The van der Waals surface area contributed by atoms with Crippen LogP contribution < -0.4 is 10.6 Å². The number of benzene rings is 2. The van der Waals surface area contributed by atoms with Gasteiger partial charge < -0.3 is 15.5 Å². The molecule has 140 valence electrons. The quantitative estimate of drug-likeness (QED) is 0.634. The van der Waals surface area contributed by atoms with Crippen molar-refractivity contribution in [1.82, 2.24) is 14.9 Å². The summed E-state index contributed by atoms with van der Waals surface area (Å²) in [5.41, 5.74) is 3.54. The summed E-state index contributed by atoms with van der Waals surface area (Å²) < 4.78 is 0. The molecule has 0 aliphatic rings. The van der Waals surface area contributed by atoms with Crippen LogP contribution in [-0.4, -0.2) is 42.1 Å². The number of hydrogen-bond donors (Lipinski definition) is 2. The van der Waals surface area contributed by atoms with Gasteiger partial charge in [0.15, 0.2) is 5.82 Å². The van der Waals surface area contributed by atoms with E-state index in [1.165, 1.54) is 11.1 Å². The molecule has 5 nitrogen and oxygen atoms in total. The zero-order valence-electron chi connectivity index (χ0n) is 16.2. The highest BCUT2D eigenvalue weighted by molar-refractivity contribution is 5.61. The van der Waals surface area contributed by atoms with Crippen LogP contribution in [0.2, 0.25) is 0 Å². The molecule has 0 amide bonds. The Balaban J connectivity index is 1.81. The largest absolute Gasteiger partial charge is 0.369 e. The molecule has 2 N–H and O–H groups in total. The Morgan fingerprint density at radius 2 is 1.52 bits per heavy atom. The first-order valence-electron chi connectivity index (χ1n) is 9.23. The van der Waals surface area contributed by atoms with Crippen LogP contribution in [0.25, 0.3) is 11.4 Å². The topological polar surface area (TPSA) is 53.1 Å². The second kappa shape index (κ2) is 9.14. The third-order valence-electron chi connectivity index (χ3n) is 4.34. The molecule has 3 rings (SSSR count). The zero-order valence-corrected chi connectivity index (χ0v) is 16.2. The number of aromatic nitrogens is 2. The summed E-state index contributed by atoms with van der Waals surface area (Å²) in [6.45, 7) is 4.63. The molecule has 1 heterocycles. The van der Waals surface area contributed by atoms with Crippen LogP contribution >= 0.6 is 0 Å². The van der Waals surface area contributed by atoms with Gasteiger partial charge in [-0.25, -0.2) is 9.97 Å².